The first-order valence-electron chi connectivity index (χ1n) is 4.98. The van der Waals surface area contributed by atoms with E-state index in [9.17, 15) is 4.79 Å². The molecule has 0 heterocycles. The zero-order valence-electron chi connectivity index (χ0n) is 9.29. The van der Waals surface area contributed by atoms with Crippen LogP contribution in [0.3, 0.4) is 0 Å². The van der Waals surface area contributed by atoms with E-state index in [0.29, 0.717) is 17.9 Å². The normalized spacial score (nSPS) is 12.0. The average molecular weight is 287 g/mol. The smallest absolute Gasteiger partial charge is 0.241 e. The Morgan fingerprint density at radius 1 is 1.62 bits per heavy atom. The van der Waals surface area contributed by atoms with Crippen molar-refractivity contribution in [1.29, 1.82) is 0 Å². The summed E-state index contributed by atoms with van der Waals surface area (Å²) in [5.41, 5.74) is 6.25. The fraction of sp³-hybridized carbons (Fsp3) is 0.364. The van der Waals surface area contributed by atoms with Crippen LogP contribution in [0, 0.1) is 0 Å². The molecule has 88 valence electrons. The van der Waals surface area contributed by atoms with E-state index in [4.69, 9.17) is 10.5 Å². The molecule has 0 aliphatic heterocycles. The Kier molecular flexibility index (Phi) is 4.76. The van der Waals surface area contributed by atoms with Crippen molar-refractivity contribution < 1.29 is 9.53 Å². The second-order valence-electron chi connectivity index (χ2n) is 3.35. The van der Waals surface area contributed by atoms with Gasteiger partial charge in [-0.05, 0) is 24.6 Å². The number of hydrogen-bond acceptors (Lipinski definition) is 3. The fourth-order valence-electron chi connectivity index (χ4n) is 1.19. The van der Waals surface area contributed by atoms with Gasteiger partial charge in [0.05, 0.1) is 18.8 Å². The lowest BCUT2D eigenvalue weighted by Gasteiger charge is -2.13. The van der Waals surface area contributed by atoms with Gasteiger partial charge in [0.15, 0.2) is 0 Å². The summed E-state index contributed by atoms with van der Waals surface area (Å²) in [7, 11) is 1.55. The highest BCUT2D eigenvalue weighted by Crippen LogP contribution is 2.27. The molecule has 1 rings (SSSR count). The van der Waals surface area contributed by atoms with Gasteiger partial charge in [-0.3, -0.25) is 4.79 Å². The first-order chi connectivity index (χ1) is 7.58. The lowest BCUT2D eigenvalue weighted by atomic mass is 10.2. The van der Waals surface area contributed by atoms with Gasteiger partial charge in [-0.25, -0.2) is 0 Å². The summed E-state index contributed by atoms with van der Waals surface area (Å²) in [4.78, 5) is 11.6. The second kappa shape index (κ2) is 5.86. The van der Waals surface area contributed by atoms with Crippen molar-refractivity contribution in [3.63, 3.8) is 0 Å². The van der Waals surface area contributed by atoms with Crippen LogP contribution >= 0.6 is 15.9 Å². The number of methoxy groups -OCH3 is 1. The molecule has 0 radical (unpaired) electrons. The number of hydrogen-bond donors (Lipinski definition) is 2. The zero-order chi connectivity index (χ0) is 12.1. The quantitative estimate of drug-likeness (QED) is 0.891. The average Bonchev–Trinajstić information content (AvgIpc) is 2.28. The maximum absolute atomic E-state index is 11.6. The van der Waals surface area contributed by atoms with Crippen molar-refractivity contribution in [3.05, 3.63) is 22.7 Å². The third kappa shape index (κ3) is 3.21. The van der Waals surface area contributed by atoms with Gasteiger partial charge in [0.2, 0.25) is 5.91 Å². The molecule has 1 atom stereocenters. The Morgan fingerprint density at radius 3 is 2.88 bits per heavy atom. The third-order valence-corrected chi connectivity index (χ3v) is 2.69. The van der Waals surface area contributed by atoms with Crippen LogP contribution in [0.5, 0.6) is 5.75 Å². The van der Waals surface area contributed by atoms with Crippen LogP contribution in [0.2, 0.25) is 0 Å². The second-order valence-corrected chi connectivity index (χ2v) is 4.26. The first kappa shape index (κ1) is 13.0. The topological polar surface area (TPSA) is 64.4 Å². The number of amides is 1. The first-order valence-corrected chi connectivity index (χ1v) is 5.77. The van der Waals surface area contributed by atoms with Crippen LogP contribution in [-0.2, 0) is 4.79 Å². The van der Waals surface area contributed by atoms with Gasteiger partial charge in [0.25, 0.3) is 0 Å². The summed E-state index contributed by atoms with van der Waals surface area (Å²) in [6.07, 6.45) is 0.599. The maximum Gasteiger partial charge on any atom is 0.241 e. The van der Waals surface area contributed by atoms with Gasteiger partial charge >= 0.3 is 0 Å². The van der Waals surface area contributed by atoms with E-state index in [1.807, 2.05) is 13.0 Å². The molecule has 0 aliphatic rings. The van der Waals surface area contributed by atoms with Crippen molar-refractivity contribution in [3.8, 4) is 5.75 Å². The molecule has 0 bridgehead atoms. The Bertz CT molecular complexity index is 382. The molecule has 1 unspecified atom stereocenters. The van der Waals surface area contributed by atoms with E-state index in [2.05, 4.69) is 21.2 Å². The molecule has 4 nitrogen and oxygen atoms in total. The third-order valence-electron chi connectivity index (χ3n) is 2.20. The summed E-state index contributed by atoms with van der Waals surface area (Å²) < 4.78 is 6.01. The molecule has 1 amide bonds. The maximum atomic E-state index is 11.6. The molecule has 0 fully saturated rings. The largest absolute Gasteiger partial charge is 0.495 e. The number of nitrogens with one attached hydrogen (secondary N) is 1. The Labute approximate surface area is 103 Å². The van der Waals surface area contributed by atoms with Crippen LogP contribution in [0.15, 0.2) is 22.7 Å². The molecule has 0 saturated heterocycles. The highest BCUT2D eigenvalue weighted by Gasteiger charge is 2.13. The van der Waals surface area contributed by atoms with Crippen LogP contribution < -0.4 is 15.8 Å². The highest BCUT2D eigenvalue weighted by atomic mass is 79.9. The predicted molar refractivity (Wildman–Crippen MR) is 67.6 cm³/mol. The molecular formula is C11H15BrN2O2. The SMILES string of the molecule is CCC(N)C(=O)Nc1cc(Br)ccc1OC. The molecule has 0 spiro atoms. The number of carbonyl (C=O) groups excluding carboxylic acids is 1. The van der Waals surface area contributed by atoms with Gasteiger partial charge in [-0.15, -0.1) is 0 Å². The van der Waals surface area contributed by atoms with Gasteiger partial charge < -0.3 is 15.8 Å². The van der Waals surface area contributed by atoms with Gasteiger partial charge in [0.1, 0.15) is 5.75 Å². The summed E-state index contributed by atoms with van der Waals surface area (Å²) >= 11 is 3.33. The molecule has 1 aromatic carbocycles. The Balaban J connectivity index is 2.87. The van der Waals surface area contributed by atoms with E-state index in [1.54, 1.807) is 19.2 Å². The lowest BCUT2D eigenvalue weighted by molar-refractivity contribution is -0.117. The molecule has 0 aliphatic carbocycles. The van der Waals surface area contributed by atoms with Crippen molar-refractivity contribution in [2.45, 2.75) is 19.4 Å². The van der Waals surface area contributed by atoms with Crippen LogP contribution in [0.25, 0.3) is 0 Å². The summed E-state index contributed by atoms with van der Waals surface area (Å²) in [6.45, 7) is 1.86. The van der Waals surface area contributed by atoms with Crippen molar-refractivity contribution in [1.82, 2.24) is 0 Å². The van der Waals surface area contributed by atoms with Crippen molar-refractivity contribution in [2.24, 2.45) is 5.73 Å². The number of rotatable bonds is 4. The molecule has 0 saturated carbocycles. The van der Waals surface area contributed by atoms with E-state index in [-0.39, 0.29) is 5.91 Å². The number of nitrogens with two attached hydrogens (primary N) is 1. The molecule has 3 N–H and O–H groups in total. The lowest BCUT2D eigenvalue weighted by Crippen LogP contribution is -2.34. The molecule has 1 aromatic rings. The van der Waals surface area contributed by atoms with Gasteiger partial charge in [-0.1, -0.05) is 22.9 Å². The Morgan fingerprint density at radius 2 is 2.31 bits per heavy atom. The summed E-state index contributed by atoms with van der Waals surface area (Å²) in [5.74, 6) is 0.402. The standard InChI is InChI=1S/C11H15BrN2O2/c1-3-8(13)11(15)14-9-6-7(12)4-5-10(9)16-2/h4-6,8H,3,13H2,1-2H3,(H,14,15). The minimum Gasteiger partial charge on any atom is -0.495 e. The minimum atomic E-state index is -0.497. The number of anilines is 1. The van der Waals surface area contributed by atoms with Crippen LogP contribution in [0.4, 0.5) is 5.69 Å². The summed E-state index contributed by atoms with van der Waals surface area (Å²) in [6, 6.07) is 4.90. The van der Waals surface area contributed by atoms with Crippen molar-refractivity contribution in [2.75, 3.05) is 12.4 Å². The molecule has 16 heavy (non-hydrogen) atoms. The van der Waals surface area contributed by atoms with Crippen LogP contribution in [-0.4, -0.2) is 19.1 Å². The van der Waals surface area contributed by atoms with E-state index < -0.39 is 6.04 Å². The fourth-order valence-corrected chi connectivity index (χ4v) is 1.55. The molecular weight excluding hydrogens is 272 g/mol. The number of ether oxygens (including phenoxy) is 1. The van der Waals surface area contributed by atoms with E-state index in [0.717, 1.165) is 4.47 Å². The van der Waals surface area contributed by atoms with Crippen LogP contribution in [0.1, 0.15) is 13.3 Å². The van der Waals surface area contributed by atoms with Gasteiger partial charge in [-0.2, -0.15) is 0 Å². The Hall–Kier alpha value is -1.07. The summed E-state index contributed by atoms with van der Waals surface area (Å²) in [5, 5.41) is 2.73. The number of carbonyl (C=O) groups is 1. The van der Waals surface area contributed by atoms with E-state index >= 15 is 0 Å². The van der Waals surface area contributed by atoms with Gasteiger partial charge in [0, 0.05) is 4.47 Å². The zero-order valence-corrected chi connectivity index (χ0v) is 10.9. The van der Waals surface area contributed by atoms with Crippen molar-refractivity contribution >= 4 is 27.5 Å². The highest BCUT2D eigenvalue weighted by molar-refractivity contribution is 9.10. The van der Waals surface area contributed by atoms with E-state index in [1.165, 1.54) is 0 Å². The molecule has 5 heteroatoms. The predicted octanol–water partition coefficient (Wildman–Crippen LogP) is 2.13. The molecule has 0 aromatic heterocycles. The monoisotopic (exact) mass is 286 g/mol. The minimum absolute atomic E-state index is 0.209. The number of halogens is 1. The number of benzene rings is 1.